The van der Waals surface area contributed by atoms with E-state index in [0.717, 1.165) is 0 Å². The molecule has 0 saturated carbocycles. The summed E-state index contributed by atoms with van der Waals surface area (Å²) >= 11 is 0. The summed E-state index contributed by atoms with van der Waals surface area (Å²) in [5.41, 5.74) is -0.265. The van der Waals surface area contributed by atoms with Crippen LogP contribution in [0.1, 0.15) is 5.76 Å². The van der Waals surface area contributed by atoms with E-state index in [1.165, 1.54) is 40.4 Å². The van der Waals surface area contributed by atoms with Crippen molar-refractivity contribution in [2.45, 2.75) is 6.54 Å². The van der Waals surface area contributed by atoms with E-state index in [2.05, 4.69) is 20.5 Å². The molecule has 9 nitrogen and oxygen atoms in total. The fourth-order valence-corrected chi connectivity index (χ4v) is 1.93. The number of nitrogens with one attached hydrogen (secondary N) is 1. The van der Waals surface area contributed by atoms with E-state index in [9.17, 15) is 9.59 Å². The van der Waals surface area contributed by atoms with Gasteiger partial charge in [0.05, 0.1) is 12.8 Å². The highest BCUT2D eigenvalue weighted by Gasteiger charge is 2.04. The Morgan fingerprint density at radius 3 is 3.00 bits per heavy atom. The van der Waals surface area contributed by atoms with Crippen LogP contribution >= 0.6 is 0 Å². The second kappa shape index (κ2) is 7.18. The molecule has 3 heterocycles. The van der Waals surface area contributed by atoms with Crippen molar-refractivity contribution in [3.05, 3.63) is 65.4 Å². The third-order valence-electron chi connectivity index (χ3n) is 3.07. The fourth-order valence-electron chi connectivity index (χ4n) is 1.93. The van der Waals surface area contributed by atoms with Gasteiger partial charge in [0.15, 0.2) is 5.82 Å². The van der Waals surface area contributed by atoms with Gasteiger partial charge in [-0.1, -0.05) is 0 Å². The molecule has 0 aliphatic carbocycles. The summed E-state index contributed by atoms with van der Waals surface area (Å²) in [6.07, 6.45) is 7.31. The van der Waals surface area contributed by atoms with E-state index in [1.54, 1.807) is 24.3 Å². The molecule has 3 aromatic heterocycles. The average Bonchev–Trinajstić information content (AvgIpc) is 3.28. The Kier molecular flexibility index (Phi) is 4.61. The number of hydrogen-bond donors (Lipinski definition) is 1. The minimum atomic E-state index is -0.285. The van der Waals surface area contributed by atoms with E-state index in [0.29, 0.717) is 11.6 Å². The van der Waals surface area contributed by atoms with Gasteiger partial charge in [-0.2, -0.15) is 5.10 Å². The molecule has 0 spiro atoms. The van der Waals surface area contributed by atoms with Gasteiger partial charge in [-0.15, -0.1) is 5.10 Å². The molecule has 0 aromatic carbocycles. The van der Waals surface area contributed by atoms with E-state index < -0.39 is 0 Å². The summed E-state index contributed by atoms with van der Waals surface area (Å²) in [5.74, 6) is 0.770. The van der Waals surface area contributed by atoms with Gasteiger partial charge < -0.3 is 9.73 Å². The lowest BCUT2D eigenvalue weighted by molar-refractivity contribution is -0.116. The first kappa shape index (κ1) is 15.4. The average molecular weight is 326 g/mol. The number of carbonyl (C=O) groups excluding carboxylic acids is 1. The van der Waals surface area contributed by atoms with E-state index in [4.69, 9.17) is 4.42 Å². The van der Waals surface area contributed by atoms with Gasteiger partial charge in [0.2, 0.25) is 5.91 Å². The highest BCUT2D eigenvalue weighted by molar-refractivity contribution is 5.91. The lowest BCUT2D eigenvalue weighted by Gasteiger charge is -2.07. The Hall–Kier alpha value is -3.49. The maximum absolute atomic E-state index is 11.8. The van der Waals surface area contributed by atoms with Crippen molar-refractivity contribution >= 4 is 12.0 Å². The molecule has 0 bridgehead atoms. The largest absolute Gasteiger partial charge is 0.465 e. The Labute approximate surface area is 136 Å². The van der Waals surface area contributed by atoms with Gasteiger partial charge in [-0.05, 0) is 24.3 Å². The van der Waals surface area contributed by atoms with Crippen molar-refractivity contribution in [3.63, 3.8) is 0 Å². The number of nitrogens with zero attached hydrogens (tertiary/aromatic N) is 5. The van der Waals surface area contributed by atoms with Crippen molar-refractivity contribution in [3.8, 4) is 5.82 Å². The van der Waals surface area contributed by atoms with Gasteiger partial charge in [-0.3, -0.25) is 9.59 Å². The molecule has 0 unspecified atom stereocenters. The molecule has 0 atom stereocenters. The third-order valence-corrected chi connectivity index (χ3v) is 3.07. The number of hydrogen-bond acceptors (Lipinski definition) is 6. The molecular formula is C15H14N6O3. The van der Waals surface area contributed by atoms with Crippen LogP contribution in [0.5, 0.6) is 0 Å². The van der Waals surface area contributed by atoms with Crippen LogP contribution < -0.4 is 10.9 Å². The molecule has 3 rings (SSSR count). The molecule has 0 aliphatic rings. The first-order valence-corrected chi connectivity index (χ1v) is 7.15. The number of aromatic nitrogens is 5. The predicted octanol–water partition coefficient (Wildman–Crippen LogP) is 0.247. The van der Waals surface area contributed by atoms with Crippen molar-refractivity contribution in [1.82, 2.24) is 29.9 Å². The number of rotatable bonds is 6. The highest BCUT2D eigenvalue weighted by Crippen LogP contribution is 2.01. The summed E-state index contributed by atoms with van der Waals surface area (Å²) < 4.78 is 7.79. The summed E-state index contributed by atoms with van der Waals surface area (Å²) in [4.78, 5) is 27.3. The Morgan fingerprint density at radius 2 is 2.25 bits per heavy atom. The molecular weight excluding hydrogens is 312 g/mol. The summed E-state index contributed by atoms with van der Waals surface area (Å²) in [7, 11) is 0. The molecule has 24 heavy (non-hydrogen) atoms. The summed E-state index contributed by atoms with van der Waals surface area (Å²) in [5, 5.41) is 10.8. The summed E-state index contributed by atoms with van der Waals surface area (Å²) in [6.45, 7) is 0.497. The fraction of sp³-hybridized carbons (Fsp3) is 0.133. The second-order valence-electron chi connectivity index (χ2n) is 4.73. The SMILES string of the molecule is O=C(/C=C/c1ccco1)NCCn1nc(-n2cncn2)ccc1=O. The third kappa shape index (κ3) is 3.83. The van der Waals surface area contributed by atoms with E-state index in [-0.39, 0.29) is 24.6 Å². The van der Waals surface area contributed by atoms with Gasteiger partial charge in [0.1, 0.15) is 18.4 Å². The molecule has 122 valence electrons. The Morgan fingerprint density at radius 1 is 1.33 bits per heavy atom. The van der Waals surface area contributed by atoms with Gasteiger partial charge in [0.25, 0.3) is 5.56 Å². The smallest absolute Gasteiger partial charge is 0.266 e. The number of carbonyl (C=O) groups is 1. The zero-order chi connectivity index (χ0) is 16.8. The van der Waals surface area contributed by atoms with Crippen molar-refractivity contribution < 1.29 is 9.21 Å². The normalized spacial score (nSPS) is 11.0. The number of furan rings is 1. The van der Waals surface area contributed by atoms with Crippen LogP contribution in [-0.2, 0) is 11.3 Å². The van der Waals surface area contributed by atoms with E-state index >= 15 is 0 Å². The molecule has 3 aromatic rings. The lowest BCUT2D eigenvalue weighted by Crippen LogP contribution is -2.31. The molecule has 0 aliphatic heterocycles. The van der Waals surface area contributed by atoms with Crippen LogP contribution in [0.15, 0.2) is 58.5 Å². The minimum Gasteiger partial charge on any atom is -0.465 e. The van der Waals surface area contributed by atoms with Crippen LogP contribution in [0, 0.1) is 0 Å². The molecule has 0 fully saturated rings. The van der Waals surface area contributed by atoms with Crippen LogP contribution in [-0.4, -0.2) is 37.0 Å². The number of amides is 1. The van der Waals surface area contributed by atoms with Crippen LogP contribution in [0.2, 0.25) is 0 Å². The molecule has 9 heteroatoms. The van der Waals surface area contributed by atoms with Crippen LogP contribution in [0.25, 0.3) is 11.9 Å². The van der Waals surface area contributed by atoms with Crippen LogP contribution in [0.3, 0.4) is 0 Å². The van der Waals surface area contributed by atoms with Crippen molar-refractivity contribution in [2.75, 3.05) is 6.54 Å². The van der Waals surface area contributed by atoms with Gasteiger partial charge in [-0.25, -0.2) is 14.3 Å². The topological polar surface area (TPSA) is 108 Å². The molecule has 0 radical (unpaired) electrons. The lowest BCUT2D eigenvalue weighted by atomic mass is 10.4. The Balaban J connectivity index is 1.57. The van der Waals surface area contributed by atoms with Gasteiger partial charge >= 0.3 is 0 Å². The minimum absolute atomic E-state index is 0.238. The monoisotopic (exact) mass is 326 g/mol. The molecule has 0 saturated heterocycles. The zero-order valence-electron chi connectivity index (χ0n) is 12.6. The molecule has 1 N–H and O–H groups in total. The van der Waals surface area contributed by atoms with Crippen molar-refractivity contribution in [1.29, 1.82) is 0 Å². The summed E-state index contributed by atoms with van der Waals surface area (Å²) in [6, 6.07) is 6.42. The quantitative estimate of drug-likeness (QED) is 0.650. The van der Waals surface area contributed by atoms with Crippen molar-refractivity contribution in [2.24, 2.45) is 0 Å². The maximum atomic E-state index is 11.8. The first-order chi connectivity index (χ1) is 11.7. The second-order valence-corrected chi connectivity index (χ2v) is 4.73. The van der Waals surface area contributed by atoms with Crippen LogP contribution in [0.4, 0.5) is 0 Å². The first-order valence-electron chi connectivity index (χ1n) is 7.15. The highest BCUT2D eigenvalue weighted by atomic mass is 16.3. The molecule has 1 amide bonds. The van der Waals surface area contributed by atoms with E-state index in [1.807, 2.05) is 0 Å². The van der Waals surface area contributed by atoms with Gasteiger partial charge in [0, 0.05) is 18.7 Å². The Bertz CT molecular complexity index is 880. The zero-order valence-corrected chi connectivity index (χ0v) is 12.6. The predicted molar refractivity (Wildman–Crippen MR) is 84.2 cm³/mol. The standard InChI is InChI=1S/C15H14N6O3/c22-14(5-3-12-2-1-9-24-12)17-7-8-20-15(23)6-4-13(19-20)21-11-16-10-18-21/h1-6,9-11H,7-8H2,(H,17,22)/b5-3+. The maximum Gasteiger partial charge on any atom is 0.266 e.